The molecule has 2 rings (SSSR count). The zero-order valence-corrected chi connectivity index (χ0v) is 11.5. The Hall–Kier alpha value is -1.62. The lowest BCUT2D eigenvalue weighted by Gasteiger charge is -2.25. The normalized spacial score (nSPS) is 19.2. The number of amides is 1. The van der Waals surface area contributed by atoms with Crippen molar-refractivity contribution in [3.8, 4) is 0 Å². The maximum Gasteiger partial charge on any atom is 0.211 e. The minimum Gasteiger partial charge on any atom is -0.339 e. The maximum absolute atomic E-state index is 11.3. The molecule has 1 aromatic heterocycles. The van der Waals surface area contributed by atoms with Crippen LogP contribution in [0.4, 0.5) is 5.69 Å². The molecule has 2 N–H and O–H groups in total. The number of hydrogen-bond donors (Lipinski definition) is 2. The van der Waals surface area contributed by atoms with Crippen LogP contribution < -0.4 is 10.6 Å². The predicted molar refractivity (Wildman–Crippen MR) is 74.6 cm³/mol. The molecule has 104 valence electrons. The lowest BCUT2D eigenvalue weighted by Crippen LogP contribution is -2.37. The molecular weight excluding hydrogens is 242 g/mol. The number of piperidine rings is 1. The topological polar surface area (TPSA) is 63.1 Å². The van der Waals surface area contributed by atoms with Gasteiger partial charge >= 0.3 is 0 Å². The van der Waals surface area contributed by atoms with Gasteiger partial charge in [-0.25, -0.2) is 0 Å². The molecule has 0 saturated carbocycles. The largest absolute Gasteiger partial charge is 0.339 e. The average Bonchev–Trinajstić information content (AvgIpc) is 2.65. The monoisotopic (exact) mass is 263 g/mol. The van der Waals surface area contributed by atoms with E-state index in [2.05, 4.69) is 10.6 Å². The molecule has 1 aromatic rings. The summed E-state index contributed by atoms with van der Waals surface area (Å²) in [7, 11) is 0. The maximum atomic E-state index is 11.3. The van der Waals surface area contributed by atoms with Gasteiger partial charge in [-0.2, -0.15) is 0 Å². The van der Waals surface area contributed by atoms with Crippen molar-refractivity contribution in [2.75, 3.05) is 11.9 Å². The minimum absolute atomic E-state index is 0.405. The summed E-state index contributed by atoms with van der Waals surface area (Å²) in [6.07, 6.45) is 5.12. The van der Waals surface area contributed by atoms with Crippen LogP contribution in [0.25, 0.3) is 0 Å². The van der Waals surface area contributed by atoms with Gasteiger partial charge in [0.25, 0.3) is 0 Å². The van der Waals surface area contributed by atoms with Gasteiger partial charge < -0.3 is 15.2 Å². The number of rotatable bonds is 5. The number of nitrogens with one attached hydrogen (secondary N) is 2. The third-order valence-corrected chi connectivity index (χ3v) is 3.95. The molecule has 0 aliphatic carbocycles. The molecule has 1 fully saturated rings. The fraction of sp³-hybridized carbons (Fsp3) is 0.571. The van der Waals surface area contributed by atoms with Crippen LogP contribution in [0.1, 0.15) is 41.0 Å². The smallest absolute Gasteiger partial charge is 0.211 e. The Balaban J connectivity index is 2.29. The molecule has 1 aliphatic heterocycles. The van der Waals surface area contributed by atoms with E-state index in [1.54, 1.807) is 0 Å². The minimum atomic E-state index is 0.405. The van der Waals surface area contributed by atoms with Gasteiger partial charge in [0, 0.05) is 23.8 Å². The quantitative estimate of drug-likeness (QED) is 0.794. The summed E-state index contributed by atoms with van der Waals surface area (Å²) in [5, 5.41) is 6.18. The van der Waals surface area contributed by atoms with Crippen LogP contribution >= 0.6 is 0 Å². The van der Waals surface area contributed by atoms with Crippen LogP contribution in [0, 0.1) is 13.8 Å². The fourth-order valence-corrected chi connectivity index (χ4v) is 2.88. The van der Waals surface area contributed by atoms with E-state index in [1.807, 2.05) is 18.4 Å². The highest BCUT2D eigenvalue weighted by Gasteiger charge is 2.20. The van der Waals surface area contributed by atoms with E-state index in [9.17, 15) is 9.59 Å². The molecule has 1 atom stereocenters. The van der Waals surface area contributed by atoms with Crippen molar-refractivity contribution < 1.29 is 9.59 Å². The van der Waals surface area contributed by atoms with Crippen molar-refractivity contribution in [3.05, 3.63) is 17.0 Å². The van der Waals surface area contributed by atoms with Crippen LogP contribution in [-0.2, 0) is 11.3 Å². The van der Waals surface area contributed by atoms with Crippen LogP contribution in [0.2, 0.25) is 0 Å². The van der Waals surface area contributed by atoms with E-state index >= 15 is 0 Å². The standard InChI is InChI=1S/C14H21N3O2/c1-10-13(8-18)17(11(2)14(10)16-9-19)7-12-5-3-4-6-15-12/h8-9,12,15H,3-7H2,1-2H3,(H,16,19). The summed E-state index contributed by atoms with van der Waals surface area (Å²) >= 11 is 0. The summed E-state index contributed by atoms with van der Waals surface area (Å²) < 4.78 is 2.01. The summed E-state index contributed by atoms with van der Waals surface area (Å²) in [5.74, 6) is 0. The van der Waals surface area contributed by atoms with Gasteiger partial charge in [-0.3, -0.25) is 9.59 Å². The molecule has 0 radical (unpaired) electrons. The lowest BCUT2D eigenvalue weighted by atomic mass is 10.0. The number of nitrogens with zero attached hydrogens (tertiary/aromatic N) is 1. The Bertz CT molecular complexity index is 474. The van der Waals surface area contributed by atoms with E-state index in [-0.39, 0.29) is 0 Å². The zero-order valence-electron chi connectivity index (χ0n) is 11.5. The first-order valence-corrected chi connectivity index (χ1v) is 6.77. The number of anilines is 1. The Morgan fingerprint density at radius 3 is 2.74 bits per heavy atom. The lowest BCUT2D eigenvalue weighted by molar-refractivity contribution is -0.105. The molecule has 0 aromatic carbocycles. The number of carbonyl (C=O) groups excluding carboxylic acids is 2. The van der Waals surface area contributed by atoms with Crippen LogP contribution in [0.15, 0.2) is 0 Å². The molecule has 1 saturated heterocycles. The van der Waals surface area contributed by atoms with Crippen molar-refractivity contribution >= 4 is 18.4 Å². The van der Waals surface area contributed by atoms with Gasteiger partial charge in [0.2, 0.25) is 6.41 Å². The third kappa shape index (κ3) is 2.71. The van der Waals surface area contributed by atoms with E-state index in [4.69, 9.17) is 0 Å². The van der Waals surface area contributed by atoms with Gasteiger partial charge in [-0.15, -0.1) is 0 Å². The SMILES string of the molecule is Cc1c(NC=O)c(C)n(CC2CCCCN2)c1C=O. The fourth-order valence-electron chi connectivity index (χ4n) is 2.88. The highest BCUT2D eigenvalue weighted by atomic mass is 16.1. The van der Waals surface area contributed by atoms with Gasteiger partial charge in [0.1, 0.15) is 0 Å². The summed E-state index contributed by atoms with van der Waals surface area (Å²) in [6, 6.07) is 0.405. The molecule has 5 nitrogen and oxygen atoms in total. The first-order chi connectivity index (χ1) is 9.19. The van der Waals surface area contributed by atoms with Gasteiger partial charge in [-0.1, -0.05) is 6.42 Å². The van der Waals surface area contributed by atoms with E-state index in [0.29, 0.717) is 18.1 Å². The summed E-state index contributed by atoms with van der Waals surface area (Å²) in [6.45, 7) is 5.63. The second-order valence-corrected chi connectivity index (χ2v) is 5.11. The second kappa shape index (κ2) is 6.02. The number of aldehydes is 1. The molecule has 5 heteroatoms. The van der Waals surface area contributed by atoms with Crippen molar-refractivity contribution in [2.45, 2.75) is 45.7 Å². The molecule has 1 unspecified atom stereocenters. The Labute approximate surface area is 113 Å². The van der Waals surface area contributed by atoms with Crippen molar-refractivity contribution in [2.24, 2.45) is 0 Å². The highest BCUT2D eigenvalue weighted by Crippen LogP contribution is 2.26. The zero-order chi connectivity index (χ0) is 13.8. The molecule has 0 spiro atoms. The molecule has 1 aliphatic rings. The molecule has 1 amide bonds. The average molecular weight is 263 g/mol. The van der Waals surface area contributed by atoms with Crippen LogP contribution in [0.3, 0.4) is 0 Å². The van der Waals surface area contributed by atoms with Crippen LogP contribution in [-0.4, -0.2) is 29.8 Å². The van der Waals surface area contributed by atoms with Crippen molar-refractivity contribution in [1.29, 1.82) is 0 Å². The molecule has 19 heavy (non-hydrogen) atoms. The number of aromatic nitrogens is 1. The molecule has 2 heterocycles. The first kappa shape index (κ1) is 13.8. The summed E-state index contributed by atoms with van der Waals surface area (Å²) in [4.78, 5) is 22.0. The third-order valence-electron chi connectivity index (χ3n) is 3.95. The van der Waals surface area contributed by atoms with Crippen molar-refractivity contribution in [1.82, 2.24) is 9.88 Å². The Morgan fingerprint density at radius 2 is 2.16 bits per heavy atom. The number of carbonyl (C=O) groups is 2. The summed E-state index contributed by atoms with van der Waals surface area (Å²) in [5.41, 5.74) is 3.21. The molecule has 0 bridgehead atoms. The van der Waals surface area contributed by atoms with Gasteiger partial charge in [-0.05, 0) is 33.2 Å². The van der Waals surface area contributed by atoms with E-state index in [0.717, 1.165) is 42.7 Å². The van der Waals surface area contributed by atoms with Gasteiger partial charge in [0.15, 0.2) is 6.29 Å². The Morgan fingerprint density at radius 1 is 1.37 bits per heavy atom. The van der Waals surface area contributed by atoms with E-state index < -0.39 is 0 Å². The van der Waals surface area contributed by atoms with Gasteiger partial charge in [0.05, 0.1) is 11.4 Å². The van der Waals surface area contributed by atoms with Crippen LogP contribution in [0.5, 0.6) is 0 Å². The number of hydrogen-bond acceptors (Lipinski definition) is 3. The Kier molecular flexibility index (Phi) is 4.37. The first-order valence-electron chi connectivity index (χ1n) is 6.77. The van der Waals surface area contributed by atoms with Crippen molar-refractivity contribution in [3.63, 3.8) is 0 Å². The van der Waals surface area contributed by atoms with E-state index in [1.165, 1.54) is 12.8 Å². The second-order valence-electron chi connectivity index (χ2n) is 5.11. The molecular formula is C14H21N3O2. The highest BCUT2D eigenvalue weighted by molar-refractivity contribution is 5.84. The predicted octanol–water partition coefficient (Wildman–Crippen LogP) is 1.63.